The summed E-state index contributed by atoms with van der Waals surface area (Å²) >= 11 is 1.80. The van der Waals surface area contributed by atoms with E-state index in [4.69, 9.17) is 4.74 Å². The van der Waals surface area contributed by atoms with Gasteiger partial charge in [0.25, 0.3) is 0 Å². The van der Waals surface area contributed by atoms with Crippen molar-refractivity contribution in [3.63, 3.8) is 0 Å². The Bertz CT molecular complexity index is 653. The van der Waals surface area contributed by atoms with E-state index in [-0.39, 0.29) is 29.7 Å². The lowest BCUT2D eigenvalue weighted by atomic mass is 10.3. The summed E-state index contributed by atoms with van der Waals surface area (Å²) in [6.45, 7) is 2.87. The Hall–Kier alpha value is -0.720. The summed E-state index contributed by atoms with van der Waals surface area (Å²) in [5.74, 6) is 3.29. The minimum absolute atomic E-state index is 0. The highest BCUT2D eigenvalue weighted by Gasteiger charge is 2.23. The van der Waals surface area contributed by atoms with Crippen molar-refractivity contribution in [2.75, 3.05) is 57.1 Å². The van der Waals surface area contributed by atoms with E-state index in [0.717, 1.165) is 23.7 Å². The first-order chi connectivity index (χ1) is 12.6. The first-order valence-electron chi connectivity index (χ1n) is 8.80. The van der Waals surface area contributed by atoms with Crippen molar-refractivity contribution in [3.05, 3.63) is 30.3 Å². The van der Waals surface area contributed by atoms with Crippen molar-refractivity contribution in [1.82, 2.24) is 14.9 Å². The van der Waals surface area contributed by atoms with Crippen LogP contribution in [-0.2, 0) is 10.0 Å². The van der Waals surface area contributed by atoms with E-state index in [0.29, 0.717) is 38.7 Å². The van der Waals surface area contributed by atoms with Crippen molar-refractivity contribution in [1.29, 1.82) is 0 Å². The van der Waals surface area contributed by atoms with Gasteiger partial charge in [0.1, 0.15) is 5.75 Å². The molecule has 0 saturated carbocycles. The molecule has 1 aliphatic heterocycles. The Labute approximate surface area is 183 Å². The third kappa shape index (κ3) is 9.35. The average Bonchev–Trinajstić information content (AvgIpc) is 2.68. The summed E-state index contributed by atoms with van der Waals surface area (Å²) in [7, 11) is -1.52. The molecule has 0 aliphatic carbocycles. The standard InChI is InChI=1S/C17H28N4O3S2.HI/c1-18-17(19-8-5-12-24-16-6-3-2-4-7-16)20-9-15-26(22,23)21-10-13-25-14-11-21;/h2-4,6-7H,5,8-15H2,1H3,(H2,18,19,20);1H. The molecule has 1 fully saturated rings. The molecular weight excluding hydrogens is 499 g/mol. The maximum Gasteiger partial charge on any atom is 0.215 e. The molecule has 0 spiro atoms. The number of nitrogens with one attached hydrogen (secondary N) is 2. The monoisotopic (exact) mass is 528 g/mol. The fourth-order valence-corrected chi connectivity index (χ4v) is 4.95. The van der Waals surface area contributed by atoms with Crippen LogP contribution in [0.15, 0.2) is 35.3 Å². The minimum atomic E-state index is -3.19. The summed E-state index contributed by atoms with van der Waals surface area (Å²) in [5.41, 5.74) is 0. The molecule has 10 heteroatoms. The van der Waals surface area contributed by atoms with E-state index >= 15 is 0 Å². The zero-order valence-electron chi connectivity index (χ0n) is 15.6. The third-order valence-corrected chi connectivity index (χ3v) is 6.68. The fraction of sp³-hybridized carbons (Fsp3) is 0.588. The molecule has 1 aromatic carbocycles. The van der Waals surface area contributed by atoms with Crippen molar-refractivity contribution < 1.29 is 13.2 Å². The van der Waals surface area contributed by atoms with E-state index < -0.39 is 10.0 Å². The van der Waals surface area contributed by atoms with Crippen molar-refractivity contribution >= 4 is 51.7 Å². The highest BCUT2D eigenvalue weighted by atomic mass is 127. The molecule has 0 bridgehead atoms. The number of guanidine groups is 1. The molecule has 7 nitrogen and oxygen atoms in total. The van der Waals surface area contributed by atoms with Gasteiger partial charge < -0.3 is 15.4 Å². The molecule has 0 amide bonds. The van der Waals surface area contributed by atoms with Gasteiger partial charge in [-0.1, -0.05) is 18.2 Å². The van der Waals surface area contributed by atoms with E-state index in [2.05, 4.69) is 15.6 Å². The molecule has 2 N–H and O–H groups in total. The number of hydrogen-bond acceptors (Lipinski definition) is 5. The zero-order chi connectivity index (χ0) is 18.7. The molecule has 154 valence electrons. The topological polar surface area (TPSA) is 83.0 Å². The SMILES string of the molecule is CN=C(NCCCOc1ccccc1)NCCS(=O)(=O)N1CCSCC1.I. The Morgan fingerprint density at radius 2 is 1.85 bits per heavy atom. The van der Waals surface area contributed by atoms with Gasteiger partial charge in [-0.2, -0.15) is 11.8 Å². The van der Waals surface area contributed by atoms with Gasteiger partial charge in [-0.05, 0) is 18.6 Å². The van der Waals surface area contributed by atoms with Crippen LogP contribution in [0.4, 0.5) is 0 Å². The van der Waals surface area contributed by atoms with Crippen LogP contribution >= 0.6 is 35.7 Å². The van der Waals surface area contributed by atoms with Gasteiger partial charge >= 0.3 is 0 Å². The predicted octanol–water partition coefficient (Wildman–Crippen LogP) is 1.62. The predicted molar refractivity (Wildman–Crippen MR) is 124 cm³/mol. The molecule has 27 heavy (non-hydrogen) atoms. The second-order valence-electron chi connectivity index (χ2n) is 5.77. The number of aliphatic imine (C=N–C) groups is 1. The number of halogens is 1. The van der Waals surface area contributed by atoms with Gasteiger partial charge in [0.2, 0.25) is 10.0 Å². The first kappa shape index (κ1) is 24.3. The van der Waals surface area contributed by atoms with Gasteiger partial charge in [-0.3, -0.25) is 4.99 Å². The number of rotatable bonds is 9. The average molecular weight is 528 g/mol. The summed E-state index contributed by atoms with van der Waals surface area (Å²) in [4.78, 5) is 4.12. The van der Waals surface area contributed by atoms with Crippen LogP contribution in [0.5, 0.6) is 5.75 Å². The summed E-state index contributed by atoms with van der Waals surface area (Å²) < 4.78 is 31.8. The van der Waals surface area contributed by atoms with Crippen molar-refractivity contribution in [2.24, 2.45) is 4.99 Å². The molecule has 1 aliphatic rings. The number of thioether (sulfide) groups is 1. The minimum Gasteiger partial charge on any atom is -0.494 e. The number of para-hydroxylation sites is 1. The van der Waals surface area contributed by atoms with Gasteiger partial charge in [-0.15, -0.1) is 24.0 Å². The van der Waals surface area contributed by atoms with Gasteiger partial charge in [0.15, 0.2) is 5.96 Å². The van der Waals surface area contributed by atoms with Crippen LogP contribution in [0.3, 0.4) is 0 Å². The van der Waals surface area contributed by atoms with Crippen LogP contribution in [0.1, 0.15) is 6.42 Å². The lowest BCUT2D eigenvalue weighted by molar-refractivity contribution is 0.311. The lowest BCUT2D eigenvalue weighted by Gasteiger charge is -2.25. The maximum absolute atomic E-state index is 12.3. The fourth-order valence-electron chi connectivity index (χ4n) is 2.46. The molecule has 0 aromatic heterocycles. The van der Waals surface area contributed by atoms with E-state index in [1.54, 1.807) is 23.1 Å². The van der Waals surface area contributed by atoms with Crippen LogP contribution < -0.4 is 15.4 Å². The Morgan fingerprint density at radius 1 is 1.19 bits per heavy atom. The first-order valence-corrected chi connectivity index (χ1v) is 11.6. The normalized spacial score (nSPS) is 15.7. The van der Waals surface area contributed by atoms with Gasteiger partial charge in [0, 0.05) is 44.7 Å². The number of nitrogens with zero attached hydrogens (tertiary/aromatic N) is 2. The van der Waals surface area contributed by atoms with E-state index in [1.807, 2.05) is 30.3 Å². The summed E-state index contributed by atoms with van der Waals surface area (Å²) in [6, 6.07) is 9.69. The van der Waals surface area contributed by atoms with Crippen LogP contribution in [-0.4, -0.2) is 75.8 Å². The van der Waals surface area contributed by atoms with E-state index in [1.165, 1.54) is 0 Å². The van der Waals surface area contributed by atoms with Crippen LogP contribution in [0.25, 0.3) is 0 Å². The largest absolute Gasteiger partial charge is 0.494 e. The Morgan fingerprint density at radius 3 is 2.52 bits per heavy atom. The van der Waals surface area contributed by atoms with Crippen LogP contribution in [0.2, 0.25) is 0 Å². The molecular formula is C17H29IN4O3S2. The zero-order valence-corrected chi connectivity index (χ0v) is 19.6. The third-order valence-electron chi connectivity index (χ3n) is 3.87. The van der Waals surface area contributed by atoms with E-state index in [9.17, 15) is 8.42 Å². The molecule has 0 unspecified atom stereocenters. The lowest BCUT2D eigenvalue weighted by Crippen LogP contribution is -2.44. The second-order valence-corrected chi connectivity index (χ2v) is 9.08. The summed E-state index contributed by atoms with van der Waals surface area (Å²) in [6.07, 6.45) is 0.819. The molecule has 0 radical (unpaired) electrons. The quantitative estimate of drug-likeness (QED) is 0.220. The smallest absolute Gasteiger partial charge is 0.215 e. The number of benzene rings is 1. The molecule has 0 atom stereocenters. The Kier molecular flexibility index (Phi) is 12.1. The number of sulfonamides is 1. The van der Waals surface area contributed by atoms with Gasteiger partial charge in [0.05, 0.1) is 12.4 Å². The molecule has 1 aromatic rings. The van der Waals surface area contributed by atoms with Crippen molar-refractivity contribution in [2.45, 2.75) is 6.42 Å². The van der Waals surface area contributed by atoms with Gasteiger partial charge in [-0.25, -0.2) is 12.7 Å². The molecule has 1 heterocycles. The second kappa shape index (κ2) is 13.5. The maximum atomic E-state index is 12.3. The highest BCUT2D eigenvalue weighted by Crippen LogP contribution is 2.13. The molecule has 1 saturated heterocycles. The highest BCUT2D eigenvalue weighted by molar-refractivity contribution is 14.0. The van der Waals surface area contributed by atoms with Crippen molar-refractivity contribution in [3.8, 4) is 5.75 Å². The molecule has 2 rings (SSSR count). The summed E-state index contributed by atoms with van der Waals surface area (Å²) in [5, 5.41) is 6.23. The Balaban J connectivity index is 0.00000364. The number of ether oxygens (including phenoxy) is 1. The van der Waals surface area contributed by atoms with Crippen LogP contribution in [0, 0.1) is 0 Å². The number of hydrogen-bond donors (Lipinski definition) is 2.